The molecule has 39 heavy (non-hydrogen) atoms. The Hall–Kier alpha value is -4.35. The minimum Gasteiger partial charge on any atom is -0.340 e. The molecule has 0 spiro atoms. The summed E-state index contributed by atoms with van der Waals surface area (Å²) in [6, 6.07) is 34.4. The van der Waals surface area contributed by atoms with Crippen molar-refractivity contribution in [3.05, 3.63) is 137 Å². The molecule has 0 aliphatic heterocycles. The summed E-state index contributed by atoms with van der Waals surface area (Å²) < 4.78 is 0. The highest BCUT2D eigenvalue weighted by molar-refractivity contribution is 5.65. The standard InChI is InChI=1S/C34H33N5/c1-25-9-8-14-29(21-25)36-34-31-22-30(15-16-32(31)37-33(38-34)28-17-19-35-20-18-28)39(23-26-10-4-2-5-11-26)24-27-12-6-3-7-13-27/h2-14,17-21,30H,15-16,22-24H2,1H3,(H,36,37,38). The van der Waals surface area contributed by atoms with Gasteiger partial charge >= 0.3 is 0 Å². The molecular weight excluding hydrogens is 478 g/mol. The second kappa shape index (κ2) is 11.6. The summed E-state index contributed by atoms with van der Waals surface area (Å²) >= 11 is 0. The van der Waals surface area contributed by atoms with Crippen LogP contribution in [0.2, 0.25) is 0 Å². The van der Waals surface area contributed by atoms with Crippen molar-refractivity contribution in [1.29, 1.82) is 0 Å². The molecule has 1 aliphatic carbocycles. The molecule has 5 aromatic rings. The number of fused-ring (bicyclic) bond motifs is 1. The predicted molar refractivity (Wildman–Crippen MR) is 158 cm³/mol. The third kappa shape index (κ3) is 6.05. The van der Waals surface area contributed by atoms with Crippen molar-refractivity contribution in [2.24, 2.45) is 0 Å². The van der Waals surface area contributed by atoms with Crippen LogP contribution < -0.4 is 5.32 Å². The van der Waals surface area contributed by atoms with E-state index in [9.17, 15) is 0 Å². The van der Waals surface area contributed by atoms with Crippen LogP contribution in [0.15, 0.2) is 109 Å². The zero-order chi connectivity index (χ0) is 26.4. The number of nitrogens with zero attached hydrogens (tertiary/aromatic N) is 4. The first-order chi connectivity index (χ1) is 19.2. The van der Waals surface area contributed by atoms with Gasteiger partial charge in [-0.3, -0.25) is 9.88 Å². The van der Waals surface area contributed by atoms with E-state index in [0.29, 0.717) is 6.04 Å². The van der Waals surface area contributed by atoms with Gasteiger partial charge in [-0.2, -0.15) is 0 Å². The highest BCUT2D eigenvalue weighted by Gasteiger charge is 2.29. The maximum atomic E-state index is 5.07. The molecule has 1 N–H and O–H groups in total. The maximum absolute atomic E-state index is 5.07. The number of aromatic nitrogens is 3. The molecule has 0 fully saturated rings. The second-order valence-electron chi connectivity index (χ2n) is 10.3. The van der Waals surface area contributed by atoms with Gasteiger partial charge in [-0.1, -0.05) is 72.8 Å². The minimum absolute atomic E-state index is 0.381. The van der Waals surface area contributed by atoms with Gasteiger partial charge in [-0.15, -0.1) is 0 Å². The first kappa shape index (κ1) is 25.0. The molecule has 2 aromatic heterocycles. The Morgan fingerprint density at radius 3 is 2.15 bits per heavy atom. The molecule has 194 valence electrons. The maximum Gasteiger partial charge on any atom is 0.161 e. The Balaban J connectivity index is 1.36. The summed E-state index contributed by atoms with van der Waals surface area (Å²) in [5, 5.41) is 3.66. The van der Waals surface area contributed by atoms with E-state index in [0.717, 1.165) is 60.9 Å². The van der Waals surface area contributed by atoms with Gasteiger partial charge in [0, 0.05) is 54.0 Å². The minimum atomic E-state index is 0.381. The Morgan fingerprint density at radius 1 is 0.795 bits per heavy atom. The van der Waals surface area contributed by atoms with Gasteiger partial charge in [0.1, 0.15) is 5.82 Å². The summed E-state index contributed by atoms with van der Waals surface area (Å²) in [6.07, 6.45) is 6.48. The highest BCUT2D eigenvalue weighted by Crippen LogP contribution is 2.33. The van der Waals surface area contributed by atoms with Crippen molar-refractivity contribution in [2.45, 2.75) is 45.3 Å². The van der Waals surface area contributed by atoms with E-state index in [1.54, 1.807) is 12.4 Å². The quantitative estimate of drug-likeness (QED) is 0.240. The summed E-state index contributed by atoms with van der Waals surface area (Å²) in [7, 11) is 0. The Labute approximate surface area is 230 Å². The smallest absolute Gasteiger partial charge is 0.161 e. The summed E-state index contributed by atoms with van der Waals surface area (Å²) in [5.41, 5.74) is 8.27. The molecule has 1 atom stereocenters. The SMILES string of the molecule is Cc1cccc(Nc2nc(-c3ccncc3)nc3c2CC(N(Cc2ccccc2)Cc2ccccc2)CC3)c1. The topological polar surface area (TPSA) is 53.9 Å². The monoisotopic (exact) mass is 511 g/mol. The molecule has 0 saturated heterocycles. The van der Waals surface area contributed by atoms with E-state index in [1.807, 2.05) is 12.1 Å². The van der Waals surface area contributed by atoms with Gasteiger partial charge in [-0.25, -0.2) is 9.97 Å². The predicted octanol–water partition coefficient (Wildman–Crippen LogP) is 7.15. The fraction of sp³-hybridized carbons (Fsp3) is 0.206. The van der Waals surface area contributed by atoms with Crippen molar-refractivity contribution in [2.75, 3.05) is 5.32 Å². The van der Waals surface area contributed by atoms with Crippen LogP contribution in [0.25, 0.3) is 11.4 Å². The first-order valence-electron chi connectivity index (χ1n) is 13.7. The Bertz CT molecular complexity index is 1480. The molecule has 5 heteroatoms. The molecule has 6 rings (SSSR count). The molecule has 2 heterocycles. The summed E-state index contributed by atoms with van der Waals surface area (Å²) in [6.45, 7) is 3.93. The first-order valence-corrected chi connectivity index (χ1v) is 13.7. The van der Waals surface area contributed by atoms with Gasteiger partial charge in [0.05, 0.1) is 0 Å². The fourth-order valence-corrected chi connectivity index (χ4v) is 5.45. The van der Waals surface area contributed by atoms with E-state index in [4.69, 9.17) is 9.97 Å². The van der Waals surface area contributed by atoms with Crippen molar-refractivity contribution in [3.63, 3.8) is 0 Å². The van der Waals surface area contributed by atoms with E-state index in [1.165, 1.54) is 22.3 Å². The number of aryl methyl sites for hydroxylation is 2. The molecule has 0 amide bonds. The van der Waals surface area contributed by atoms with Crippen LogP contribution in [0, 0.1) is 6.92 Å². The van der Waals surface area contributed by atoms with Gasteiger partial charge in [-0.05, 0) is 67.1 Å². The molecule has 0 saturated carbocycles. The zero-order valence-electron chi connectivity index (χ0n) is 22.3. The lowest BCUT2D eigenvalue weighted by Crippen LogP contribution is -2.39. The number of anilines is 2. The van der Waals surface area contributed by atoms with Crippen molar-refractivity contribution in [3.8, 4) is 11.4 Å². The lowest BCUT2D eigenvalue weighted by molar-refractivity contribution is 0.161. The van der Waals surface area contributed by atoms with Crippen LogP contribution in [-0.2, 0) is 25.9 Å². The zero-order valence-corrected chi connectivity index (χ0v) is 22.3. The molecule has 0 radical (unpaired) electrons. The lowest BCUT2D eigenvalue weighted by atomic mass is 9.90. The van der Waals surface area contributed by atoms with E-state index in [2.05, 4.69) is 107 Å². The largest absolute Gasteiger partial charge is 0.340 e. The van der Waals surface area contributed by atoms with Gasteiger partial charge in [0.15, 0.2) is 5.82 Å². The fourth-order valence-electron chi connectivity index (χ4n) is 5.45. The van der Waals surface area contributed by atoms with Crippen LogP contribution in [0.4, 0.5) is 11.5 Å². The van der Waals surface area contributed by atoms with Crippen LogP contribution in [0.1, 0.15) is 34.4 Å². The van der Waals surface area contributed by atoms with Gasteiger partial charge in [0.25, 0.3) is 0 Å². The van der Waals surface area contributed by atoms with Crippen molar-refractivity contribution in [1.82, 2.24) is 19.9 Å². The third-order valence-corrected chi connectivity index (χ3v) is 7.44. The van der Waals surface area contributed by atoms with Crippen LogP contribution in [0.5, 0.6) is 0 Å². The van der Waals surface area contributed by atoms with Crippen LogP contribution >= 0.6 is 0 Å². The number of hydrogen-bond acceptors (Lipinski definition) is 5. The highest BCUT2D eigenvalue weighted by atomic mass is 15.2. The van der Waals surface area contributed by atoms with Crippen LogP contribution in [-0.4, -0.2) is 25.9 Å². The number of pyridine rings is 1. The molecular formula is C34H33N5. The lowest BCUT2D eigenvalue weighted by Gasteiger charge is -2.36. The van der Waals surface area contributed by atoms with Gasteiger partial charge in [0.2, 0.25) is 0 Å². The Morgan fingerprint density at radius 2 is 1.49 bits per heavy atom. The third-order valence-electron chi connectivity index (χ3n) is 7.44. The van der Waals surface area contributed by atoms with Crippen molar-refractivity contribution < 1.29 is 0 Å². The number of benzene rings is 3. The number of rotatable bonds is 8. The average molecular weight is 512 g/mol. The average Bonchev–Trinajstić information content (AvgIpc) is 2.98. The normalized spacial score (nSPS) is 14.7. The van der Waals surface area contributed by atoms with Crippen molar-refractivity contribution >= 4 is 11.5 Å². The second-order valence-corrected chi connectivity index (χ2v) is 10.3. The van der Waals surface area contributed by atoms with E-state index < -0.39 is 0 Å². The van der Waals surface area contributed by atoms with E-state index in [-0.39, 0.29) is 0 Å². The summed E-state index contributed by atoms with van der Waals surface area (Å²) in [4.78, 5) is 16.9. The molecule has 1 unspecified atom stereocenters. The summed E-state index contributed by atoms with van der Waals surface area (Å²) in [5.74, 6) is 1.65. The molecule has 3 aromatic carbocycles. The Kier molecular flexibility index (Phi) is 7.41. The molecule has 1 aliphatic rings. The van der Waals surface area contributed by atoms with Crippen LogP contribution in [0.3, 0.4) is 0 Å². The molecule has 0 bridgehead atoms. The number of nitrogens with one attached hydrogen (secondary N) is 1. The van der Waals surface area contributed by atoms with E-state index >= 15 is 0 Å². The molecule has 5 nitrogen and oxygen atoms in total. The number of hydrogen-bond donors (Lipinski definition) is 1. The van der Waals surface area contributed by atoms with Gasteiger partial charge < -0.3 is 5.32 Å².